The average Bonchev–Trinajstić information content (AvgIpc) is 2.17. The molecule has 1 aromatic carbocycles. The van der Waals surface area contributed by atoms with Crippen LogP contribution < -0.4 is 0 Å². The van der Waals surface area contributed by atoms with E-state index in [9.17, 15) is 13.9 Å². The van der Waals surface area contributed by atoms with Crippen molar-refractivity contribution in [3.05, 3.63) is 35.4 Å². The highest BCUT2D eigenvalue weighted by Crippen LogP contribution is 2.31. The fraction of sp³-hybridized carbons (Fsp3) is 0.500. The van der Waals surface area contributed by atoms with Crippen molar-refractivity contribution in [1.82, 2.24) is 0 Å². The van der Waals surface area contributed by atoms with Crippen LogP contribution in [0.4, 0.5) is 8.78 Å². The summed E-state index contributed by atoms with van der Waals surface area (Å²) >= 11 is 0. The lowest BCUT2D eigenvalue weighted by Crippen LogP contribution is -2.34. The van der Waals surface area contributed by atoms with E-state index in [0.29, 0.717) is 6.61 Å². The van der Waals surface area contributed by atoms with Gasteiger partial charge in [-0.25, -0.2) is 8.78 Å². The Kier molecular flexibility index (Phi) is 3.99. The summed E-state index contributed by atoms with van der Waals surface area (Å²) in [7, 11) is 0. The Hall–Kier alpha value is -1.00. The number of hydrogen-bond acceptors (Lipinski definition) is 2. The van der Waals surface area contributed by atoms with Gasteiger partial charge < -0.3 is 9.84 Å². The molecular weight excluding hydrogens is 214 g/mol. The van der Waals surface area contributed by atoms with Crippen molar-refractivity contribution >= 4 is 0 Å². The molecule has 1 rings (SSSR count). The summed E-state index contributed by atoms with van der Waals surface area (Å²) in [6.07, 6.45) is -1.34. The monoisotopic (exact) mass is 230 g/mol. The van der Waals surface area contributed by atoms with Crippen LogP contribution in [0.15, 0.2) is 18.2 Å². The van der Waals surface area contributed by atoms with Crippen LogP contribution in [0.2, 0.25) is 0 Å². The fourth-order valence-corrected chi connectivity index (χ4v) is 1.57. The van der Waals surface area contributed by atoms with E-state index in [-0.39, 0.29) is 5.56 Å². The average molecular weight is 230 g/mol. The zero-order valence-corrected chi connectivity index (χ0v) is 9.63. The third-order valence-corrected chi connectivity index (χ3v) is 2.45. The molecule has 1 unspecified atom stereocenters. The molecule has 0 aliphatic carbocycles. The second-order valence-corrected chi connectivity index (χ2v) is 4.07. The predicted octanol–water partition coefficient (Wildman–Crippen LogP) is 2.81. The molecule has 1 aromatic rings. The zero-order valence-electron chi connectivity index (χ0n) is 9.63. The van der Waals surface area contributed by atoms with Crippen LogP contribution in [0.25, 0.3) is 0 Å². The molecule has 0 saturated heterocycles. The molecule has 90 valence electrons. The number of ether oxygens (including phenoxy) is 1. The van der Waals surface area contributed by atoms with Crippen molar-refractivity contribution in [2.24, 2.45) is 0 Å². The minimum absolute atomic E-state index is 0.346. The van der Waals surface area contributed by atoms with Crippen molar-refractivity contribution in [2.75, 3.05) is 6.61 Å². The number of aliphatic hydroxyl groups is 1. The van der Waals surface area contributed by atoms with Gasteiger partial charge in [-0.05, 0) is 32.9 Å². The van der Waals surface area contributed by atoms with E-state index < -0.39 is 23.3 Å². The van der Waals surface area contributed by atoms with Gasteiger partial charge in [0.2, 0.25) is 0 Å². The fourth-order valence-electron chi connectivity index (χ4n) is 1.57. The lowest BCUT2D eigenvalue weighted by atomic mass is 9.93. The van der Waals surface area contributed by atoms with Crippen LogP contribution in [-0.2, 0) is 4.74 Å². The van der Waals surface area contributed by atoms with Crippen LogP contribution in [-0.4, -0.2) is 17.3 Å². The van der Waals surface area contributed by atoms with Gasteiger partial charge in [0.1, 0.15) is 17.7 Å². The molecule has 4 heteroatoms. The van der Waals surface area contributed by atoms with Crippen LogP contribution in [0.3, 0.4) is 0 Å². The highest BCUT2D eigenvalue weighted by molar-refractivity contribution is 5.24. The molecular formula is C12H16F2O2. The van der Waals surface area contributed by atoms with E-state index >= 15 is 0 Å². The Morgan fingerprint density at radius 1 is 1.31 bits per heavy atom. The molecule has 1 atom stereocenters. The molecule has 0 radical (unpaired) electrons. The Morgan fingerprint density at radius 2 is 1.81 bits per heavy atom. The molecule has 0 bridgehead atoms. The molecule has 0 aliphatic heterocycles. The predicted molar refractivity (Wildman–Crippen MR) is 57.0 cm³/mol. The molecule has 2 nitrogen and oxygen atoms in total. The minimum Gasteiger partial charge on any atom is -0.385 e. The van der Waals surface area contributed by atoms with Crippen molar-refractivity contribution in [1.29, 1.82) is 0 Å². The Morgan fingerprint density at radius 3 is 2.25 bits per heavy atom. The van der Waals surface area contributed by atoms with E-state index in [2.05, 4.69) is 0 Å². The van der Waals surface area contributed by atoms with E-state index in [0.717, 1.165) is 12.1 Å². The number of benzene rings is 1. The summed E-state index contributed by atoms with van der Waals surface area (Å²) in [6.45, 7) is 5.30. The summed E-state index contributed by atoms with van der Waals surface area (Å²) in [4.78, 5) is 0. The molecule has 1 N–H and O–H groups in total. The van der Waals surface area contributed by atoms with Gasteiger partial charge in [0.05, 0.1) is 11.2 Å². The van der Waals surface area contributed by atoms with Gasteiger partial charge >= 0.3 is 0 Å². The van der Waals surface area contributed by atoms with Gasteiger partial charge in [0, 0.05) is 6.61 Å². The van der Waals surface area contributed by atoms with Crippen molar-refractivity contribution < 1.29 is 18.6 Å². The molecule has 0 heterocycles. The largest absolute Gasteiger partial charge is 0.385 e. The van der Waals surface area contributed by atoms with Gasteiger partial charge in [0.15, 0.2) is 0 Å². The van der Waals surface area contributed by atoms with Crippen molar-refractivity contribution in [2.45, 2.75) is 32.5 Å². The maximum Gasteiger partial charge on any atom is 0.132 e. The molecule has 0 amide bonds. The number of rotatable bonds is 4. The van der Waals surface area contributed by atoms with Gasteiger partial charge in [0.25, 0.3) is 0 Å². The molecule has 0 aromatic heterocycles. The first kappa shape index (κ1) is 13.1. The lowest BCUT2D eigenvalue weighted by molar-refractivity contribution is -0.101. The Labute approximate surface area is 93.9 Å². The molecule has 16 heavy (non-hydrogen) atoms. The van der Waals surface area contributed by atoms with E-state index in [1.54, 1.807) is 20.8 Å². The molecule has 0 fully saturated rings. The Bertz CT molecular complexity index is 344. The smallest absolute Gasteiger partial charge is 0.132 e. The highest BCUT2D eigenvalue weighted by atomic mass is 19.1. The van der Waals surface area contributed by atoms with Crippen molar-refractivity contribution in [3.8, 4) is 0 Å². The first-order chi connectivity index (χ1) is 7.40. The van der Waals surface area contributed by atoms with E-state index in [4.69, 9.17) is 4.74 Å². The summed E-state index contributed by atoms with van der Waals surface area (Å²) in [5, 5.41) is 9.94. The van der Waals surface area contributed by atoms with Gasteiger partial charge in [-0.2, -0.15) is 0 Å². The quantitative estimate of drug-likeness (QED) is 0.861. The second-order valence-electron chi connectivity index (χ2n) is 4.07. The van der Waals surface area contributed by atoms with Crippen LogP contribution >= 0.6 is 0 Å². The summed E-state index contributed by atoms with van der Waals surface area (Å²) in [5.74, 6) is -1.53. The van der Waals surface area contributed by atoms with Gasteiger partial charge in [-0.15, -0.1) is 0 Å². The first-order valence-electron chi connectivity index (χ1n) is 5.16. The standard InChI is InChI=1S/C12H16F2O2/c1-4-16-12(2,3)11(15)10-8(13)6-5-7-9(10)14/h5-7,11,15H,4H2,1-3H3. The number of hydrogen-bond donors (Lipinski definition) is 1. The minimum atomic E-state index is -1.34. The molecule has 0 spiro atoms. The molecule has 0 saturated carbocycles. The van der Waals surface area contributed by atoms with Gasteiger partial charge in [-0.3, -0.25) is 0 Å². The van der Waals surface area contributed by atoms with Crippen LogP contribution in [0.1, 0.15) is 32.4 Å². The SMILES string of the molecule is CCOC(C)(C)C(O)c1c(F)cccc1F. The summed E-state index contributed by atoms with van der Waals surface area (Å²) < 4.78 is 32.1. The summed E-state index contributed by atoms with van der Waals surface area (Å²) in [5.41, 5.74) is -1.38. The highest BCUT2D eigenvalue weighted by Gasteiger charge is 2.33. The number of halogens is 2. The summed E-state index contributed by atoms with van der Waals surface area (Å²) in [6, 6.07) is 3.49. The van der Waals surface area contributed by atoms with Crippen molar-refractivity contribution in [3.63, 3.8) is 0 Å². The topological polar surface area (TPSA) is 29.5 Å². The van der Waals surface area contributed by atoms with E-state index in [1.807, 2.05) is 0 Å². The zero-order chi connectivity index (χ0) is 12.3. The van der Waals surface area contributed by atoms with Crippen LogP contribution in [0, 0.1) is 11.6 Å². The third kappa shape index (κ3) is 2.57. The molecule has 0 aliphatic rings. The Balaban J connectivity index is 3.09. The maximum atomic E-state index is 13.4. The first-order valence-corrected chi connectivity index (χ1v) is 5.16. The normalized spacial score (nSPS) is 13.9. The maximum absolute atomic E-state index is 13.4. The number of aliphatic hydroxyl groups excluding tert-OH is 1. The van der Waals surface area contributed by atoms with E-state index in [1.165, 1.54) is 6.07 Å². The third-order valence-electron chi connectivity index (χ3n) is 2.45. The second kappa shape index (κ2) is 4.89. The van der Waals surface area contributed by atoms with Gasteiger partial charge in [-0.1, -0.05) is 6.07 Å². The lowest BCUT2D eigenvalue weighted by Gasteiger charge is -2.30. The van der Waals surface area contributed by atoms with Crippen LogP contribution in [0.5, 0.6) is 0 Å².